The van der Waals surface area contributed by atoms with Gasteiger partial charge in [0.05, 0.1) is 6.61 Å². The lowest BCUT2D eigenvalue weighted by molar-refractivity contribution is 0.306. The minimum absolute atomic E-state index is 0.412. The highest BCUT2D eigenvalue weighted by Gasteiger charge is 2.26. The van der Waals surface area contributed by atoms with Crippen LogP contribution < -0.4 is 10.1 Å². The second-order valence-corrected chi connectivity index (χ2v) is 6.75. The average molecular weight is 331 g/mol. The van der Waals surface area contributed by atoms with Crippen molar-refractivity contribution in [1.82, 2.24) is 5.32 Å². The molecule has 4 heteroatoms. The van der Waals surface area contributed by atoms with Crippen molar-refractivity contribution in [3.05, 3.63) is 27.7 Å². The van der Waals surface area contributed by atoms with Gasteiger partial charge in [-0.1, -0.05) is 15.9 Å². The molecule has 18 heavy (non-hydrogen) atoms. The van der Waals surface area contributed by atoms with Crippen molar-refractivity contribution >= 4 is 27.5 Å². The monoisotopic (exact) mass is 329 g/mol. The fourth-order valence-corrected chi connectivity index (χ4v) is 3.77. The predicted molar refractivity (Wildman–Crippen MR) is 77.4 cm³/mol. The molecule has 1 N–H and O–H groups in total. The molecule has 0 aromatic heterocycles. The van der Waals surface area contributed by atoms with E-state index in [0.717, 1.165) is 55.1 Å². The SMILES string of the molecule is ClC1CC(CNCc2cc(Br)cc3c2OCC3)C1. The summed E-state index contributed by atoms with van der Waals surface area (Å²) in [6.45, 7) is 2.76. The molecule has 1 saturated carbocycles. The van der Waals surface area contributed by atoms with Crippen LogP contribution in [0.4, 0.5) is 0 Å². The largest absolute Gasteiger partial charge is 0.493 e. The van der Waals surface area contributed by atoms with E-state index in [1.807, 2.05) is 0 Å². The van der Waals surface area contributed by atoms with Crippen molar-refractivity contribution in [2.45, 2.75) is 31.2 Å². The lowest BCUT2D eigenvalue weighted by atomic mass is 9.85. The van der Waals surface area contributed by atoms with Crippen molar-refractivity contribution < 1.29 is 4.74 Å². The molecule has 0 spiro atoms. The van der Waals surface area contributed by atoms with Gasteiger partial charge in [-0.15, -0.1) is 11.6 Å². The Morgan fingerprint density at radius 1 is 1.39 bits per heavy atom. The molecule has 1 aliphatic heterocycles. The molecular weight excluding hydrogens is 314 g/mol. The van der Waals surface area contributed by atoms with E-state index in [1.165, 1.54) is 11.1 Å². The van der Waals surface area contributed by atoms with E-state index in [0.29, 0.717) is 5.38 Å². The summed E-state index contributed by atoms with van der Waals surface area (Å²) in [5.74, 6) is 1.85. The minimum atomic E-state index is 0.412. The zero-order valence-electron chi connectivity index (χ0n) is 10.2. The normalized spacial score (nSPS) is 25.4. The summed E-state index contributed by atoms with van der Waals surface area (Å²) in [6.07, 6.45) is 3.33. The van der Waals surface area contributed by atoms with Gasteiger partial charge in [0.25, 0.3) is 0 Å². The van der Waals surface area contributed by atoms with Crippen LogP contribution in [0.15, 0.2) is 16.6 Å². The van der Waals surface area contributed by atoms with Gasteiger partial charge in [0.2, 0.25) is 0 Å². The van der Waals surface area contributed by atoms with Crippen LogP contribution in [0.3, 0.4) is 0 Å². The van der Waals surface area contributed by atoms with E-state index in [4.69, 9.17) is 16.3 Å². The van der Waals surface area contributed by atoms with E-state index in [1.54, 1.807) is 0 Å². The maximum Gasteiger partial charge on any atom is 0.127 e. The molecule has 1 heterocycles. The first-order chi connectivity index (χ1) is 8.72. The molecule has 0 amide bonds. The molecule has 0 atom stereocenters. The highest BCUT2D eigenvalue weighted by atomic mass is 79.9. The third-order valence-corrected chi connectivity index (χ3v) is 4.57. The second-order valence-electron chi connectivity index (χ2n) is 5.22. The highest BCUT2D eigenvalue weighted by Crippen LogP contribution is 2.34. The van der Waals surface area contributed by atoms with Gasteiger partial charge in [-0.3, -0.25) is 0 Å². The second kappa shape index (κ2) is 5.40. The van der Waals surface area contributed by atoms with Crippen molar-refractivity contribution in [2.24, 2.45) is 5.92 Å². The number of benzene rings is 1. The van der Waals surface area contributed by atoms with Crippen LogP contribution in [-0.4, -0.2) is 18.5 Å². The molecule has 3 rings (SSSR count). The smallest absolute Gasteiger partial charge is 0.127 e. The van der Waals surface area contributed by atoms with Gasteiger partial charge in [-0.25, -0.2) is 0 Å². The minimum Gasteiger partial charge on any atom is -0.493 e. The van der Waals surface area contributed by atoms with E-state index in [2.05, 4.69) is 33.4 Å². The Kier molecular flexibility index (Phi) is 3.83. The van der Waals surface area contributed by atoms with Gasteiger partial charge < -0.3 is 10.1 Å². The summed E-state index contributed by atoms with van der Waals surface area (Å²) in [6, 6.07) is 4.32. The Hall–Kier alpha value is -0.250. The fourth-order valence-electron chi connectivity index (χ4n) is 2.71. The van der Waals surface area contributed by atoms with Crippen LogP contribution >= 0.6 is 27.5 Å². The molecule has 98 valence electrons. The Labute approximate surface area is 121 Å². The van der Waals surface area contributed by atoms with Gasteiger partial charge in [-0.05, 0) is 43.0 Å². The van der Waals surface area contributed by atoms with Gasteiger partial charge in [0.1, 0.15) is 5.75 Å². The van der Waals surface area contributed by atoms with Gasteiger partial charge in [0, 0.05) is 28.4 Å². The molecule has 2 nitrogen and oxygen atoms in total. The van der Waals surface area contributed by atoms with Crippen LogP contribution in [0.1, 0.15) is 24.0 Å². The van der Waals surface area contributed by atoms with Crippen LogP contribution in [0.2, 0.25) is 0 Å². The Bertz CT molecular complexity index is 446. The number of hydrogen-bond donors (Lipinski definition) is 1. The summed E-state index contributed by atoms with van der Waals surface area (Å²) in [7, 11) is 0. The Morgan fingerprint density at radius 3 is 3.00 bits per heavy atom. The van der Waals surface area contributed by atoms with Crippen LogP contribution in [0.5, 0.6) is 5.75 Å². The quantitative estimate of drug-likeness (QED) is 0.853. The van der Waals surface area contributed by atoms with E-state index < -0.39 is 0 Å². The van der Waals surface area contributed by atoms with Gasteiger partial charge in [0.15, 0.2) is 0 Å². The van der Waals surface area contributed by atoms with E-state index in [-0.39, 0.29) is 0 Å². The lowest BCUT2D eigenvalue weighted by Gasteiger charge is -2.31. The standard InChI is InChI=1S/C14H17BrClNO/c15-12-5-10-1-2-18-14(10)11(6-12)8-17-7-9-3-13(16)4-9/h5-6,9,13,17H,1-4,7-8H2. The number of alkyl halides is 1. The van der Waals surface area contributed by atoms with Gasteiger partial charge in [-0.2, -0.15) is 0 Å². The zero-order chi connectivity index (χ0) is 12.5. The van der Waals surface area contributed by atoms with Crippen molar-refractivity contribution in [3.8, 4) is 5.75 Å². The first-order valence-electron chi connectivity index (χ1n) is 6.51. The molecule has 0 saturated heterocycles. The molecular formula is C14H17BrClNO. The van der Waals surface area contributed by atoms with E-state index in [9.17, 15) is 0 Å². The number of halogens is 2. The first kappa shape index (κ1) is 12.8. The number of nitrogens with one attached hydrogen (secondary N) is 1. The molecule has 1 aliphatic carbocycles. The van der Waals surface area contributed by atoms with Crippen molar-refractivity contribution in [3.63, 3.8) is 0 Å². The molecule has 1 fully saturated rings. The summed E-state index contributed by atoms with van der Waals surface area (Å²) < 4.78 is 6.86. The molecule has 1 aromatic carbocycles. The maximum atomic E-state index is 5.98. The van der Waals surface area contributed by atoms with Crippen LogP contribution in [-0.2, 0) is 13.0 Å². The molecule has 1 aromatic rings. The highest BCUT2D eigenvalue weighted by molar-refractivity contribution is 9.10. The molecule has 0 unspecified atom stereocenters. The number of fused-ring (bicyclic) bond motifs is 1. The number of ether oxygens (including phenoxy) is 1. The predicted octanol–water partition coefficient (Wildman–Crippen LogP) is 3.49. The Morgan fingerprint density at radius 2 is 2.22 bits per heavy atom. The Balaban J connectivity index is 1.59. The molecule has 0 radical (unpaired) electrons. The average Bonchev–Trinajstić information content (AvgIpc) is 2.74. The molecule has 0 bridgehead atoms. The topological polar surface area (TPSA) is 21.3 Å². The van der Waals surface area contributed by atoms with Gasteiger partial charge >= 0.3 is 0 Å². The number of rotatable bonds is 4. The maximum absolute atomic E-state index is 5.98. The van der Waals surface area contributed by atoms with Crippen molar-refractivity contribution in [2.75, 3.05) is 13.2 Å². The summed E-state index contributed by atoms with van der Waals surface area (Å²) in [5.41, 5.74) is 2.59. The summed E-state index contributed by atoms with van der Waals surface area (Å²) in [4.78, 5) is 0. The van der Waals surface area contributed by atoms with Crippen molar-refractivity contribution in [1.29, 1.82) is 0 Å². The van der Waals surface area contributed by atoms with Crippen LogP contribution in [0.25, 0.3) is 0 Å². The first-order valence-corrected chi connectivity index (χ1v) is 7.74. The molecule has 2 aliphatic rings. The lowest BCUT2D eigenvalue weighted by Crippen LogP contribution is -2.33. The zero-order valence-corrected chi connectivity index (χ0v) is 12.6. The van der Waals surface area contributed by atoms with Crippen LogP contribution in [0, 0.1) is 5.92 Å². The third kappa shape index (κ3) is 2.68. The van der Waals surface area contributed by atoms with E-state index >= 15 is 0 Å². The summed E-state index contributed by atoms with van der Waals surface area (Å²) in [5, 5.41) is 3.93. The fraction of sp³-hybridized carbons (Fsp3) is 0.571. The number of hydrogen-bond acceptors (Lipinski definition) is 2. The summed E-state index contributed by atoms with van der Waals surface area (Å²) >= 11 is 9.55. The third-order valence-electron chi connectivity index (χ3n) is 3.75.